The van der Waals surface area contributed by atoms with Crippen molar-refractivity contribution < 1.29 is 18.0 Å². The van der Waals surface area contributed by atoms with Gasteiger partial charge in [-0.05, 0) is 48.9 Å². The van der Waals surface area contributed by atoms with E-state index in [1.807, 2.05) is 13.0 Å². The molecule has 0 bridgehead atoms. The van der Waals surface area contributed by atoms with Gasteiger partial charge in [-0.25, -0.2) is 24.9 Å². The zero-order valence-corrected chi connectivity index (χ0v) is 19.3. The van der Waals surface area contributed by atoms with Gasteiger partial charge in [-0.3, -0.25) is 4.79 Å². The van der Waals surface area contributed by atoms with Crippen LogP contribution in [0.5, 0.6) is 0 Å². The Balaban J connectivity index is 1.37. The van der Waals surface area contributed by atoms with Crippen molar-refractivity contribution in [3.63, 3.8) is 0 Å². The highest BCUT2D eigenvalue weighted by Crippen LogP contribution is 2.32. The van der Waals surface area contributed by atoms with E-state index in [2.05, 4.69) is 40.5 Å². The Morgan fingerprint density at radius 2 is 1.89 bits per heavy atom. The molecule has 0 aliphatic rings. The summed E-state index contributed by atoms with van der Waals surface area (Å²) in [7, 11) is 0. The molecule has 186 valence electrons. The first-order valence-electron chi connectivity index (χ1n) is 11.1. The van der Waals surface area contributed by atoms with E-state index in [1.54, 1.807) is 30.5 Å². The van der Waals surface area contributed by atoms with E-state index in [4.69, 9.17) is 0 Å². The second-order valence-corrected chi connectivity index (χ2v) is 8.11. The Hall–Kier alpha value is -4.87. The van der Waals surface area contributed by atoms with Crippen LogP contribution in [-0.4, -0.2) is 35.8 Å². The molecule has 0 aliphatic carbocycles. The maximum Gasteiger partial charge on any atom is 0.433 e. The molecule has 0 saturated carbocycles. The zero-order chi connectivity index (χ0) is 26.0. The highest BCUT2D eigenvalue weighted by Gasteiger charge is 2.32. The number of aromatic amines is 1. The maximum atomic E-state index is 12.9. The maximum absolute atomic E-state index is 12.9. The molecular weight excluding hydrogens is 485 g/mol. The summed E-state index contributed by atoms with van der Waals surface area (Å²) >= 11 is 0. The molecule has 5 aromatic rings. The Kier molecular flexibility index (Phi) is 6.22. The Labute approximate surface area is 208 Å². The minimum atomic E-state index is -4.58. The van der Waals surface area contributed by atoms with E-state index in [0.29, 0.717) is 39.6 Å². The summed E-state index contributed by atoms with van der Waals surface area (Å²) in [6, 6.07) is 12.3. The van der Waals surface area contributed by atoms with E-state index < -0.39 is 17.8 Å². The van der Waals surface area contributed by atoms with Crippen LogP contribution >= 0.6 is 0 Å². The molecule has 0 unspecified atom stereocenters. The van der Waals surface area contributed by atoms with Gasteiger partial charge in [-0.1, -0.05) is 12.1 Å². The Morgan fingerprint density at radius 1 is 1.03 bits per heavy atom. The number of carbonyl (C=O) groups excluding carboxylic acids is 1. The quantitative estimate of drug-likeness (QED) is 0.295. The number of imidazole rings is 1. The number of amides is 1. The Morgan fingerprint density at radius 3 is 2.73 bits per heavy atom. The van der Waals surface area contributed by atoms with Gasteiger partial charge in [-0.2, -0.15) is 13.2 Å². The molecule has 0 radical (unpaired) electrons. The molecule has 0 spiro atoms. The lowest BCUT2D eigenvalue weighted by Crippen LogP contribution is -2.17. The van der Waals surface area contributed by atoms with Crippen LogP contribution in [0.2, 0.25) is 0 Å². The smallest absolute Gasteiger partial charge is 0.339 e. The van der Waals surface area contributed by atoms with Crippen LogP contribution in [0, 0.1) is 6.92 Å². The first-order chi connectivity index (χ1) is 17.8. The number of aryl methyl sites for hydroxylation is 1. The van der Waals surface area contributed by atoms with Crippen LogP contribution in [-0.2, 0) is 17.4 Å². The average molecular weight is 504 g/mol. The monoisotopic (exact) mass is 504 g/mol. The number of pyridine rings is 2. The molecule has 3 N–H and O–H groups in total. The predicted molar refractivity (Wildman–Crippen MR) is 131 cm³/mol. The number of rotatable bonds is 6. The molecule has 0 atom stereocenters. The number of aromatic nitrogens is 6. The van der Waals surface area contributed by atoms with Crippen LogP contribution in [0.4, 0.5) is 30.4 Å². The summed E-state index contributed by atoms with van der Waals surface area (Å²) in [5, 5.41) is 6.00. The normalized spacial score (nSPS) is 11.5. The van der Waals surface area contributed by atoms with Gasteiger partial charge >= 0.3 is 6.18 Å². The number of hydrogen-bond acceptors (Lipinski definition) is 7. The van der Waals surface area contributed by atoms with Crippen molar-refractivity contribution in [2.24, 2.45) is 0 Å². The second kappa shape index (κ2) is 9.64. The fraction of sp³-hybridized carbons (Fsp3) is 0.120. The molecule has 0 aliphatic heterocycles. The third kappa shape index (κ3) is 5.22. The third-order valence-corrected chi connectivity index (χ3v) is 5.49. The van der Waals surface area contributed by atoms with Gasteiger partial charge in [0.2, 0.25) is 5.91 Å². The van der Waals surface area contributed by atoms with Gasteiger partial charge in [0, 0.05) is 23.1 Å². The topological polar surface area (TPSA) is 121 Å². The van der Waals surface area contributed by atoms with Gasteiger partial charge in [0.05, 0.1) is 18.4 Å². The molecule has 9 nitrogen and oxygen atoms in total. The summed E-state index contributed by atoms with van der Waals surface area (Å²) in [5.74, 6) is 0.0207. The average Bonchev–Trinajstić information content (AvgIpc) is 3.35. The number of fused-ring (bicyclic) bond motifs is 1. The highest BCUT2D eigenvalue weighted by atomic mass is 19.4. The number of nitrogens with zero attached hydrogens (tertiary/aromatic N) is 5. The van der Waals surface area contributed by atoms with Crippen molar-refractivity contribution in [2.75, 3.05) is 10.6 Å². The molecule has 12 heteroatoms. The van der Waals surface area contributed by atoms with Gasteiger partial charge in [-0.15, -0.1) is 0 Å². The number of H-pyrrole nitrogens is 1. The van der Waals surface area contributed by atoms with Crippen molar-refractivity contribution in [3.05, 3.63) is 84.3 Å². The fourth-order valence-electron chi connectivity index (χ4n) is 3.73. The zero-order valence-electron chi connectivity index (χ0n) is 19.3. The molecule has 4 heterocycles. The van der Waals surface area contributed by atoms with Crippen LogP contribution in [0.15, 0.2) is 67.4 Å². The van der Waals surface area contributed by atoms with Crippen LogP contribution in [0.1, 0.15) is 17.0 Å². The van der Waals surface area contributed by atoms with Crippen LogP contribution in [0.25, 0.3) is 22.4 Å². The van der Waals surface area contributed by atoms with Crippen molar-refractivity contribution in [1.29, 1.82) is 0 Å². The number of benzene rings is 1. The summed E-state index contributed by atoms with van der Waals surface area (Å²) in [6.45, 7) is 1.89. The highest BCUT2D eigenvalue weighted by molar-refractivity contribution is 5.94. The van der Waals surface area contributed by atoms with E-state index in [-0.39, 0.29) is 12.1 Å². The molecule has 37 heavy (non-hydrogen) atoms. The number of halogens is 3. The van der Waals surface area contributed by atoms with Gasteiger partial charge in [0.1, 0.15) is 29.0 Å². The molecule has 4 aromatic heterocycles. The van der Waals surface area contributed by atoms with Crippen molar-refractivity contribution in [3.8, 4) is 11.3 Å². The SMILES string of the molecule is Cc1ccc(NC(=O)Cc2cccc(C(F)(F)F)n2)cc1Nc1ncccc1-c1ncnc2[nH]cnc12. The lowest BCUT2D eigenvalue weighted by atomic mass is 10.1. The number of anilines is 3. The van der Waals surface area contributed by atoms with Gasteiger partial charge < -0.3 is 15.6 Å². The number of carbonyl (C=O) groups is 1. The number of hydrogen-bond donors (Lipinski definition) is 3. The lowest BCUT2D eigenvalue weighted by Gasteiger charge is -2.14. The summed E-state index contributed by atoms with van der Waals surface area (Å²) in [6.07, 6.45) is -0.274. The molecule has 0 saturated heterocycles. The number of alkyl halides is 3. The standard InChI is InChI=1S/C25H19F3N8O/c1-14-7-8-16(35-20(37)11-15-4-2-6-19(34-15)25(26,27)28)10-18(14)36-23-17(5-3-9-29-23)21-22-24(32-12-30-21)33-13-31-22/h2-10,12-13H,11H2,1H3,(H,29,36)(H,35,37)(H,30,31,32,33). The van der Waals surface area contributed by atoms with E-state index >= 15 is 0 Å². The summed E-state index contributed by atoms with van der Waals surface area (Å²) < 4.78 is 38.8. The minimum Gasteiger partial charge on any atom is -0.339 e. The fourth-order valence-corrected chi connectivity index (χ4v) is 3.73. The van der Waals surface area contributed by atoms with E-state index in [9.17, 15) is 18.0 Å². The minimum absolute atomic E-state index is 0.0189. The van der Waals surface area contributed by atoms with Crippen molar-refractivity contribution in [2.45, 2.75) is 19.5 Å². The third-order valence-electron chi connectivity index (χ3n) is 5.49. The van der Waals surface area contributed by atoms with E-state index in [0.717, 1.165) is 11.6 Å². The van der Waals surface area contributed by atoms with Gasteiger partial charge in [0.15, 0.2) is 5.65 Å². The predicted octanol–water partition coefficient (Wildman–Crippen LogP) is 5.06. The second-order valence-electron chi connectivity index (χ2n) is 8.11. The van der Waals surface area contributed by atoms with Crippen molar-refractivity contribution in [1.82, 2.24) is 29.9 Å². The first-order valence-corrected chi connectivity index (χ1v) is 11.1. The van der Waals surface area contributed by atoms with Gasteiger partial charge in [0.25, 0.3) is 0 Å². The molecular formula is C25H19F3N8O. The summed E-state index contributed by atoms with van der Waals surface area (Å²) in [4.78, 5) is 36.4. The Bertz CT molecular complexity index is 1600. The van der Waals surface area contributed by atoms with E-state index in [1.165, 1.54) is 24.8 Å². The molecule has 0 fully saturated rings. The number of nitrogens with one attached hydrogen (secondary N) is 3. The molecule has 5 rings (SSSR count). The first kappa shape index (κ1) is 23.9. The van der Waals surface area contributed by atoms with Crippen molar-refractivity contribution >= 4 is 34.3 Å². The lowest BCUT2D eigenvalue weighted by molar-refractivity contribution is -0.141. The van der Waals surface area contributed by atoms with Crippen LogP contribution in [0.3, 0.4) is 0 Å². The van der Waals surface area contributed by atoms with Crippen LogP contribution < -0.4 is 10.6 Å². The summed E-state index contributed by atoms with van der Waals surface area (Å²) in [5.41, 5.74) is 3.47. The molecule has 1 aromatic carbocycles. The largest absolute Gasteiger partial charge is 0.433 e. The molecule has 1 amide bonds.